The summed E-state index contributed by atoms with van der Waals surface area (Å²) in [5.41, 5.74) is 0.889. The first-order chi connectivity index (χ1) is 11.0. The van der Waals surface area contributed by atoms with E-state index in [0.29, 0.717) is 24.7 Å². The lowest BCUT2D eigenvalue weighted by atomic mass is 10.2. The van der Waals surface area contributed by atoms with Crippen molar-refractivity contribution in [3.05, 3.63) is 27.8 Å². The van der Waals surface area contributed by atoms with Crippen LogP contribution in [0.3, 0.4) is 0 Å². The van der Waals surface area contributed by atoms with Crippen LogP contribution in [0.1, 0.15) is 62.1 Å². The van der Waals surface area contributed by atoms with Crippen molar-refractivity contribution in [2.75, 3.05) is 6.54 Å². The van der Waals surface area contributed by atoms with Crippen LogP contribution in [-0.2, 0) is 12.8 Å². The Balaban J connectivity index is 1.73. The van der Waals surface area contributed by atoms with E-state index >= 15 is 0 Å². The highest BCUT2D eigenvalue weighted by Gasteiger charge is 2.13. The molecular formula is C15H23N5O2S. The maximum atomic E-state index is 11.9. The first kappa shape index (κ1) is 17.4. The molecule has 0 saturated heterocycles. The van der Waals surface area contributed by atoms with Gasteiger partial charge >= 0.3 is 6.03 Å². The van der Waals surface area contributed by atoms with E-state index in [1.807, 2.05) is 26.2 Å². The molecular weight excluding hydrogens is 314 g/mol. The largest absolute Gasteiger partial charge is 0.339 e. The number of amides is 2. The lowest BCUT2D eigenvalue weighted by molar-refractivity contribution is 0.237. The molecule has 0 aliphatic heterocycles. The second kappa shape index (κ2) is 8.05. The molecule has 8 heteroatoms. The number of rotatable bonds is 7. The van der Waals surface area contributed by atoms with Crippen LogP contribution in [-0.4, -0.2) is 27.7 Å². The van der Waals surface area contributed by atoms with Crippen molar-refractivity contribution >= 4 is 17.4 Å². The molecule has 0 fully saturated rings. The Morgan fingerprint density at radius 3 is 2.74 bits per heavy atom. The van der Waals surface area contributed by atoms with Crippen LogP contribution in [0.4, 0.5) is 4.79 Å². The van der Waals surface area contributed by atoms with Crippen molar-refractivity contribution in [1.82, 2.24) is 25.8 Å². The van der Waals surface area contributed by atoms with E-state index in [2.05, 4.69) is 32.7 Å². The Morgan fingerprint density at radius 2 is 2.13 bits per heavy atom. The van der Waals surface area contributed by atoms with Gasteiger partial charge in [-0.2, -0.15) is 4.98 Å². The molecule has 2 aromatic rings. The van der Waals surface area contributed by atoms with Gasteiger partial charge in [0.1, 0.15) is 0 Å². The van der Waals surface area contributed by atoms with Gasteiger partial charge in [0.15, 0.2) is 5.82 Å². The summed E-state index contributed by atoms with van der Waals surface area (Å²) in [6.07, 6.45) is 1.42. The minimum Gasteiger partial charge on any atom is -0.339 e. The van der Waals surface area contributed by atoms with Gasteiger partial charge in [-0.25, -0.2) is 9.78 Å². The summed E-state index contributed by atoms with van der Waals surface area (Å²) >= 11 is 1.61. The quantitative estimate of drug-likeness (QED) is 0.810. The standard InChI is InChI=1S/C15H23N5O2S/c1-5-13-18-11(8-23-13)10(4)17-15(21)16-7-6-12-19-14(9(2)3)20-22-12/h8-10H,5-7H2,1-4H3,(H2,16,17,21)/t10-/m0/s1. The average molecular weight is 337 g/mol. The van der Waals surface area contributed by atoms with Crippen molar-refractivity contribution in [2.45, 2.75) is 52.5 Å². The van der Waals surface area contributed by atoms with Gasteiger partial charge in [0.05, 0.1) is 16.7 Å². The van der Waals surface area contributed by atoms with Gasteiger partial charge < -0.3 is 15.2 Å². The molecule has 0 saturated carbocycles. The molecule has 0 radical (unpaired) electrons. The number of urea groups is 1. The number of aryl methyl sites for hydroxylation is 1. The van der Waals surface area contributed by atoms with Crippen molar-refractivity contribution in [3.63, 3.8) is 0 Å². The molecule has 23 heavy (non-hydrogen) atoms. The number of thiazole rings is 1. The van der Waals surface area contributed by atoms with Gasteiger partial charge in [-0.05, 0) is 13.3 Å². The predicted molar refractivity (Wildman–Crippen MR) is 88.5 cm³/mol. The molecule has 7 nitrogen and oxygen atoms in total. The molecule has 0 aliphatic rings. The number of nitrogens with one attached hydrogen (secondary N) is 2. The highest BCUT2D eigenvalue weighted by atomic mass is 32.1. The highest BCUT2D eigenvalue weighted by molar-refractivity contribution is 7.09. The van der Waals surface area contributed by atoms with Crippen LogP contribution in [0.2, 0.25) is 0 Å². The summed E-state index contributed by atoms with van der Waals surface area (Å²) < 4.78 is 5.13. The van der Waals surface area contributed by atoms with E-state index in [4.69, 9.17) is 4.52 Å². The van der Waals surface area contributed by atoms with E-state index in [0.717, 1.165) is 17.1 Å². The van der Waals surface area contributed by atoms with E-state index in [9.17, 15) is 4.79 Å². The van der Waals surface area contributed by atoms with Gasteiger partial charge in [-0.3, -0.25) is 0 Å². The summed E-state index contributed by atoms with van der Waals surface area (Å²) in [5.74, 6) is 1.46. The second-order valence-corrected chi connectivity index (χ2v) is 6.54. The fraction of sp³-hybridized carbons (Fsp3) is 0.600. The summed E-state index contributed by atoms with van der Waals surface area (Å²) in [6.45, 7) is 8.43. The first-order valence-corrected chi connectivity index (χ1v) is 8.68. The van der Waals surface area contributed by atoms with Crippen molar-refractivity contribution in [1.29, 1.82) is 0 Å². The Morgan fingerprint density at radius 1 is 1.35 bits per heavy atom. The Bertz CT molecular complexity index is 637. The zero-order valence-electron chi connectivity index (χ0n) is 13.9. The highest BCUT2D eigenvalue weighted by Crippen LogP contribution is 2.16. The maximum absolute atomic E-state index is 11.9. The van der Waals surface area contributed by atoms with Crippen LogP contribution < -0.4 is 10.6 Å². The van der Waals surface area contributed by atoms with Crippen LogP contribution in [0, 0.1) is 0 Å². The lowest BCUT2D eigenvalue weighted by Crippen LogP contribution is -2.38. The molecule has 126 valence electrons. The zero-order chi connectivity index (χ0) is 16.8. The number of aromatic nitrogens is 3. The zero-order valence-corrected chi connectivity index (χ0v) is 14.7. The minimum absolute atomic E-state index is 0.123. The Kier molecular flexibility index (Phi) is 6.09. The topological polar surface area (TPSA) is 92.9 Å². The third-order valence-electron chi connectivity index (χ3n) is 3.29. The van der Waals surface area contributed by atoms with E-state index in [1.165, 1.54) is 0 Å². The van der Waals surface area contributed by atoms with Crippen LogP contribution in [0.25, 0.3) is 0 Å². The molecule has 0 aromatic carbocycles. The average Bonchev–Trinajstić information content (AvgIpc) is 3.16. The molecule has 2 N–H and O–H groups in total. The number of nitrogens with zero attached hydrogens (tertiary/aromatic N) is 3. The smallest absolute Gasteiger partial charge is 0.315 e. The fourth-order valence-electron chi connectivity index (χ4n) is 1.90. The number of carbonyl (C=O) groups excluding carboxylic acids is 1. The van der Waals surface area contributed by atoms with Gasteiger partial charge in [-0.1, -0.05) is 25.9 Å². The normalized spacial score (nSPS) is 12.4. The lowest BCUT2D eigenvalue weighted by Gasteiger charge is -2.12. The maximum Gasteiger partial charge on any atom is 0.315 e. The predicted octanol–water partition coefficient (Wildman–Crippen LogP) is 2.81. The van der Waals surface area contributed by atoms with Crippen molar-refractivity contribution < 1.29 is 9.32 Å². The third kappa shape index (κ3) is 5.02. The molecule has 2 rings (SSSR count). The number of hydrogen-bond donors (Lipinski definition) is 2. The number of carbonyl (C=O) groups is 1. The van der Waals surface area contributed by atoms with Crippen LogP contribution in [0.15, 0.2) is 9.90 Å². The molecule has 0 bridgehead atoms. The van der Waals surface area contributed by atoms with Gasteiger partial charge in [0, 0.05) is 24.3 Å². The van der Waals surface area contributed by atoms with Gasteiger partial charge in [0.25, 0.3) is 0 Å². The first-order valence-electron chi connectivity index (χ1n) is 7.80. The minimum atomic E-state index is -0.229. The molecule has 0 unspecified atom stereocenters. The molecule has 2 heterocycles. The third-order valence-corrected chi connectivity index (χ3v) is 4.30. The molecule has 0 aliphatic carbocycles. The second-order valence-electron chi connectivity index (χ2n) is 5.59. The summed E-state index contributed by atoms with van der Waals surface area (Å²) in [7, 11) is 0. The van der Waals surface area contributed by atoms with Crippen molar-refractivity contribution in [2.24, 2.45) is 0 Å². The summed E-state index contributed by atoms with van der Waals surface area (Å²) in [6, 6.07) is -0.352. The Hall–Kier alpha value is -1.96. The van der Waals surface area contributed by atoms with E-state index in [-0.39, 0.29) is 18.0 Å². The Labute approximate surface area is 139 Å². The monoisotopic (exact) mass is 337 g/mol. The van der Waals surface area contributed by atoms with Crippen LogP contribution in [0.5, 0.6) is 0 Å². The number of hydrogen-bond acceptors (Lipinski definition) is 6. The fourth-order valence-corrected chi connectivity index (χ4v) is 2.73. The molecule has 1 atom stereocenters. The van der Waals surface area contributed by atoms with E-state index in [1.54, 1.807) is 11.3 Å². The van der Waals surface area contributed by atoms with E-state index < -0.39 is 0 Å². The summed E-state index contributed by atoms with van der Waals surface area (Å²) in [4.78, 5) is 20.6. The molecule has 2 amide bonds. The van der Waals surface area contributed by atoms with Gasteiger partial charge in [-0.15, -0.1) is 11.3 Å². The summed E-state index contributed by atoms with van der Waals surface area (Å²) in [5, 5.41) is 12.6. The van der Waals surface area contributed by atoms with Crippen LogP contribution >= 0.6 is 11.3 Å². The molecule has 2 aromatic heterocycles. The SMILES string of the molecule is CCc1nc([C@H](C)NC(=O)NCCc2nc(C(C)C)no2)cs1. The van der Waals surface area contributed by atoms with Gasteiger partial charge in [0.2, 0.25) is 5.89 Å². The van der Waals surface area contributed by atoms with Crippen molar-refractivity contribution in [3.8, 4) is 0 Å². The molecule has 0 spiro atoms.